The number of nitrogens with zero attached hydrogens (tertiary/aromatic N) is 2. The normalized spacial score (nSPS) is 10.9. The Kier molecular flexibility index (Phi) is 12.5. The lowest BCUT2D eigenvalue weighted by molar-refractivity contribution is -0.129. The van der Waals surface area contributed by atoms with Crippen molar-refractivity contribution < 1.29 is 28.6 Å². The van der Waals surface area contributed by atoms with Gasteiger partial charge in [-0.25, -0.2) is 9.59 Å². The van der Waals surface area contributed by atoms with E-state index in [0.29, 0.717) is 29.4 Å². The average Bonchev–Trinajstić information content (AvgIpc) is 3.31. The molecule has 0 aromatic heterocycles. The highest BCUT2D eigenvalue weighted by Gasteiger charge is 2.19. The van der Waals surface area contributed by atoms with Crippen molar-refractivity contribution in [1.82, 2.24) is 0 Å². The molecule has 316 valence electrons. The number of carbonyl (C=O) groups excluding carboxylic acids is 3. The van der Waals surface area contributed by atoms with Crippen molar-refractivity contribution in [3.05, 3.63) is 200 Å². The largest absolute Gasteiger partial charge is 0.490 e. The number of anilines is 6. The standard InChI is InChI=1S/C56H46N2O6/c1-6-55(60)63-52-34-41-17-27-50(32-44(41)31-43(52)29-30-59)58(51-28-18-42-35-54(64-56(61)7-2)53(62-8-3)36-45(42)33-51)49-25-15-40(16-26-49)39-13-23-48(24-14-39)57(46-19-9-37(4)10-20-46)47-21-11-38(5)12-22-47/h6-7,9-28,30-36H,1-2,8,29H2,3-5H3. The first-order valence-electron chi connectivity index (χ1n) is 21.0. The van der Waals surface area contributed by atoms with Crippen LogP contribution in [0.4, 0.5) is 34.1 Å². The van der Waals surface area contributed by atoms with E-state index in [2.05, 4.69) is 146 Å². The van der Waals surface area contributed by atoms with Crippen LogP contribution in [0.2, 0.25) is 0 Å². The van der Waals surface area contributed by atoms with Gasteiger partial charge in [0.05, 0.1) is 6.61 Å². The van der Waals surface area contributed by atoms with Gasteiger partial charge in [-0.1, -0.05) is 84.9 Å². The van der Waals surface area contributed by atoms with Crippen LogP contribution >= 0.6 is 0 Å². The molecule has 0 saturated heterocycles. The fraction of sp³-hybridized carbons (Fsp3) is 0.0893. The molecule has 0 radical (unpaired) electrons. The number of rotatable bonds is 15. The summed E-state index contributed by atoms with van der Waals surface area (Å²) < 4.78 is 17.0. The molecule has 0 aliphatic heterocycles. The predicted molar refractivity (Wildman–Crippen MR) is 258 cm³/mol. The monoisotopic (exact) mass is 842 g/mol. The van der Waals surface area contributed by atoms with E-state index >= 15 is 0 Å². The van der Waals surface area contributed by atoms with Gasteiger partial charge in [0.25, 0.3) is 0 Å². The number of aryl methyl sites for hydroxylation is 2. The molecule has 0 spiro atoms. The zero-order valence-electron chi connectivity index (χ0n) is 35.9. The maximum atomic E-state index is 12.2. The molecule has 8 aromatic rings. The number of fused-ring (bicyclic) bond motifs is 2. The second-order valence-corrected chi connectivity index (χ2v) is 15.3. The molecule has 0 saturated carbocycles. The second-order valence-electron chi connectivity index (χ2n) is 15.3. The predicted octanol–water partition coefficient (Wildman–Crippen LogP) is 13.5. The third-order valence-electron chi connectivity index (χ3n) is 10.9. The summed E-state index contributed by atoms with van der Waals surface area (Å²) in [6.07, 6.45) is 3.07. The number of aldehydes is 1. The van der Waals surface area contributed by atoms with Gasteiger partial charge in [-0.15, -0.1) is 0 Å². The van der Waals surface area contributed by atoms with E-state index in [1.54, 1.807) is 12.1 Å². The molecular weight excluding hydrogens is 797 g/mol. The highest BCUT2D eigenvalue weighted by Crippen LogP contribution is 2.42. The molecule has 8 aromatic carbocycles. The average molecular weight is 843 g/mol. The molecule has 0 aliphatic carbocycles. The van der Waals surface area contributed by atoms with Crippen molar-refractivity contribution in [2.24, 2.45) is 0 Å². The summed E-state index contributed by atoms with van der Waals surface area (Å²) in [5.41, 5.74) is 10.9. The van der Waals surface area contributed by atoms with E-state index in [-0.39, 0.29) is 6.42 Å². The molecule has 0 bridgehead atoms. The minimum Gasteiger partial charge on any atom is -0.490 e. The Morgan fingerprint density at radius 3 is 1.33 bits per heavy atom. The van der Waals surface area contributed by atoms with E-state index in [1.165, 1.54) is 11.1 Å². The molecule has 8 rings (SSSR count). The molecule has 0 atom stereocenters. The van der Waals surface area contributed by atoms with Crippen LogP contribution in [0.25, 0.3) is 32.7 Å². The first kappa shape index (κ1) is 42.5. The van der Waals surface area contributed by atoms with Crippen LogP contribution in [-0.2, 0) is 20.8 Å². The van der Waals surface area contributed by atoms with Crippen molar-refractivity contribution in [3.63, 3.8) is 0 Å². The molecule has 8 nitrogen and oxygen atoms in total. The highest BCUT2D eigenvalue weighted by atomic mass is 16.6. The van der Waals surface area contributed by atoms with Crippen molar-refractivity contribution in [1.29, 1.82) is 0 Å². The maximum absolute atomic E-state index is 12.2. The van der Waals surface area contributed by atoms with Crippen molar-refractivity contribution in [2.45, 2.75) is 27.2 Å². The highest BCUT2D eigenvalue weighted by molar-refractivity contribution is 5.96. The fourth-order valence-corrected chi connectivity index (χ4v) is 7.71. The molecular formula is C56H46N2O6. The van der Waals surface area contributed by atoms with Crippen molar-refractivity contribution in [2.75, 3.05) is 16.4 Å². The fourth-order valence-electron chi connectivity index (χ4n) is 7.71. The van der Waals surface area contributed by atoms with Crippen LogP contribution in [0, 0.1) is 13.8 Å². The first-order chi connectivity index (χ1) is 31.1. The SMILES string of the molecule is C=CC(=O)Oc1cc2ccc(N(c3ccc(-c4ccc(N(c5ccc(C)cc5)c5ccc(C)cc5)cc4)cc3)c3ccc4cc(OC(=O)C=C)c(OCC)cc4c3)cc2cc1CC=O. The van der Waals surface area contributed by atoms with Gasteiger partial charge in [0.1, 0.15) is 12.0 Å². The molecule has 0 fully saturated rings. The lowest BCUT2D eigenvalue weighted by atomic mass is 10.0. The van der Waals surface area contributed by atoms with Gasteiger partial charge in [-0.05, 0) is 151 Å². The Labute approximate surface area is 372 Å². The van der Waals surface area contributed by atoms with E-state index < -0.39 is 11.9 Å². The number of carbonyl (C=O) groups is 3. The Balaban J connectivity index is 1.19. The number of ether oxygens (including phenoxy) is 3. The van der Waals surface area contributed by atoms with E-state index in [1.807, 2.05) is 43.3 Å². The summed E-state index contributed by atoms with van der Waals surface area (Å²) in [5.74, 6) is -0.119. The van der Waals surface area contributed by atoms with Crippen LogP contribution in [0.5, 0.6) is 17.2 Å². The Hall–Kier alpha value is -8.23. The number of benzene rings is 8. The van der Waals surface area contributed by atoms with Crippen LogP contribution in [0.3, 0.4) is 0 Å². The lowest BCUT2D eigenvalue weighted by Gasteiger charge is -2.27. The topological polar surface area (TPSA) is 85.4 Å². The van der Waals surface area contributed by atoms with Crippen LogP contribution in [0.15, 0.2) is 183 Å². The van der Waals surface area contributed by atoms with Gasteiger partial charge in [0, 0.05) is 58.3 Å². The lowest BCUT2D eigenvalue weighted by Crippen LogP contribution is -2.10. The van der Waals surface area contributed by atoms with Gasteiger partial charge < -0.3 is 28.8 Å². The minimum absolute atomic E-state index is 0.0684. The summed E-state index contributed by atoms with van der Waals surface area (Å²) in [5, 5.41) is 3.40. The third kappa shape index (κ3) is 9.17. The summed E-state index contributed by atoms with van der Waals surface area (Å²) in [6, 6.07) is 53.6. The molecule has 0 unspecified atom stereocenters. The Bertz CT molecular complexity index is 2980. The van der Waals surface area contributed by atoms with Crippen molar-refractivity contribution >= 4 is 73.9 Å². The zero-order valence-corrected chi connectivity index (χ0v) is 35.9. The van der Waals surface area contributed by atoms with Crippen LogP contribution in [0.1, 0.15) is 23.6 Å². The Morgan fingerprint density at radius 1 is 0.484 bits per heavy atom. The maximum Gasteiger partial charge on any atom is 0.335 e. The summed E-state index contributed by atoms with van der Waals surface area (Å²) >= 11 is 0. The van der Waals surface area contributed by atoms with Gasteiger partial charge >= 0.3 is 11.9 Å². The van der Waals surface area contributed by atoms with Gasteiger partial charge in [-0.3, -0.25) is 0 Å². The molecule has 0 N–H and O–H groups in total. The summed E-state index contributed by atoms with van der Waals surface area (Å²) in [7, 11) is 0. The number of hydrogen-bond donors (Lipinski definition) is 0. The van der Waals surface area contributed by atoms with Gasteiger partial charge in [0.2, 0.25) is 0 Å². The summed E-state index contributed by atoms with van der Waals surface area (Å²) in [6.45, 7) is 13.5. The van der Waals surface area contributed by atoms with E-state index in [0.717, 1.165) is 85.2 Å². The molecule has 0 heterocycles. The van der Waals surface area contributed by atoms with Crippen LogP contribution in [-0.4, -0.2) is 24.8 Å². The number of esters is 2. The molecule has 0 aliphatic rings. The van der Waals surface area contributed by atoms with Gasteiger partial charge in [0.15, 0.2) is 11.5 Å². The zero-order chi connectivity index (χ0) is 44.7. The van der Waals surface area contributed by atoms with Gasteiger partial charge in [-0.2, -0.15) is 0 Å². The quantitative estimate of drug-likeness (QED) is 0.0437. The molecule has 64 heavy (non-hydrogen) atoms. The Morgan fingerprint density at radius 2 is 0.875 bits per heavy atom. The third-order valence-corrected chi connectivity index (χ3v) is 10.9. The summed E-state index contributed by atoms with van der Waals surface area (Å²) in [4.78, 5) is 40.5. The van der Waals surface area contributed by atoms with Crippen LogP contribution < -0.4 is 24.0 Å². The minimum atomic E-state index is -0.602. The van der Waals surface area contributed by atoms with E-state index in [9.17, 15) is 14.4 Å². The number of hydrogen-bond acceptors (Lipinski definition) is 8. The molecule has 0 amide bonds. The van der Waals surface area contributed by atoms with E-state index in [4.69, 9.17) is 14.2 Å². The molecule has 8 heteroatoms. The first-order valence-corrected chi connectivity index (χ1v) is 21.0. The van der Waals surface area contributed by atoms with Crippen molar-refractivity contribution in [3.8, 4) is 28.4 Å². The smallest absolute Gasteiger partial charge is 0.335 e. The second kappa shape index (κ2) is 18.8.